The van der Waals surface area contributed by atoms with Gasteiger partial charge < -0.3 is 0 Å². The summed E-state index contributed by atoms with van der Waals surface area (Å²) < 4.78 is 29.1. The van der Waals surface area contributed by atoms with Gasteiger partial charge in [0.15, 0.2) is 5.82 Å². The second kappa shape index (κ2) is 7.02. The van der Waals surface area contributed by atoms with E-state index in [1.165, 1.54) is 12.1 Å². The molecule has 0 spiro atoms. The Morgan fingerprint density at radius 2 is 2.04 bits per heavy atom. The van der Waals surface area contributed by atoms with Crippen LogP contribution in [0.4, 0.5) is 5.69 Å². The molecule has 3 rings (SSSR count). The van der Waals surface area contributed by atoms with E-state index in [9.17, 15) is 18.5 Å². The molecule has 0 atom stereocenters. The summed E-state index contributed by atoms with van der Waals surface area (Å²) in [6.07, 6.45) is 4.89. The van der Waals surface area contributed by atoms with E-state index in [1.807, 2.05) is 0 Å². The van der Waals surface area contributed by atoms with Crippen LogP contribution in [0.3, 0.4) is 0 Å². The van der Waals surface area contributed by atoms with Crippen LogP contribution in [0.15, 0.2) is 59.9 Å². The minimum absolute atomic E-state index is 0.0151. The van der Waals surface area contributed by atoms with Gasteiger partial charge in [-0.25, -0.2) is 22.8 Å². The number of hydrogen-bond donors (Lipinski definition) is 1. The maximum absolute atomic E-state index is 12.5. The highest BCUT2D eigenvalue weighted by Gasteiger charge is 2.20. The lowest BCUT2D eigenvalue weighted by Crippen LogP contribution is -2.24. The average molecular weight is 373 g/mol. The molecule has 134 valence electrons. The van der Waals surface area contributed by atoms with Gasteiger partial charge in [0.2, 0.25) is 10.0 Å². The summed E-state index contributed by atoms with van der Waals surface area (Å²) in [5.74, 6) is 0.554. The molecule has 0 saturated carbocycles. The number of aryl methyl sites for hydroxylation is 1. The van der Waals surface area contributed by atoms with E-state index in [1.54, 1.807) is 48.4 Å². The summed E-state index contributed by atoms with van der Waals surface area (Å²) in [7, 11) is -3.91. The smallest absolute Gasteiger partial charge is 0.258 e. The lowest BCUT2D eigenvalue weighted by Gasteiger charge is -2.10. The summed E-state index contributed by atoms with van der Waals surface area (Å²) in [6, 6.07) is 8.87. The third-order valence-electron chi connectivity index (χ3n) is 3.69. The largest absolute Gasteiger partial charge is 0.270 e. The Balaban J connectivity index is 1.82. The first kappa shape index (κ1) is 17.7. The SMILES string of the molecule is Cc1ccc([N+](=O)[O-])cc1S(=O)(=O)NCc1ccnc(-n2cccn2)c1. The van der Waals surface area contributed by atoms with Gasteiger partial charge in [-0.2, -0.15) is 5.10 Å². The van der Waals surface area contributed by atoms with Gasteiger partial charge in [0.05, 0.1) is 9.82 Å². The summed E-state index contributed by atoms with van der Waals surface area (Å²) >= 11 is 0. The normalized spacial score (nSPS) is 11.4. The zero-order valence-electron chi connectivity index (χ0n) is 13.7. The number of benzene rings is 1. The lowest BCUT2D eigenvalue weighted by molar-refractivity contribution is -0.385. The van der Waals surface area contributed by atoms with Crippen LogP contribution in [0, 0.1) is 17.0 Å². The van der Waals surface area contributed by atoms with Gasteiger partial charge in [0.25, 0.3) is 5.69 Å². The quantitative estimate of drug-likeness (QED) is 0.521. The Morgan fingerprint density at radius 1 is 1.23 bits per heavy atom. The first-order chi connectivity index (χ1) is 12.4. The minimum Gasteiger partial charge on any atom is -0.258 e. The zero-order chi connectivity index (χ0) is 18.7. The van der Waals surface area contributed by atoms with Crippen molar-refractivity contribution in [1.82, 2.24) is 19.5 Å². The van der Waals surface area contributed by atoms with Crippen LogP contribution < -0.4 is 4.72 Å². The molecule has 2 aromatic heterocycles. The molecule has 0 aliphatic heterocycles. The highest BCUT2D eigenvalue weighted by molar-refractivity contribution is 7.89. The van der Waals surface area contributed by atoms with Crippen LogP contribution in [0.2, 0.25) is 0 Å². The molecule has 0 unspecified atom stereocenters. The molecule has 9 nitrogen and oxygen atoms in total. The van der Waals surface area contributed by atoms with Crippen molar-refractivity contribution < 1.29 is 13.3 Å². The van der Waals surface area contributed by atoms with Gasteiger partial charge >= 0.3 is 0 Å². The van der Waals surface area contributed by atoms with E-state index in [2.05, 4.69) is 14.8 Å². The highest BCUT2D eigenvalue weighted by atomic mass is 32.2. The van der Waals surface area contributed by atoms with Crippen LogP contribution in [-0.4, -0.2) is 28.1 Å². The van der Waals surface area contributed by atoms with Crippen molar-refractivity contribution in [1.29, 1.82) is 0 Å². The predicted octanol–water partition coefficient (Wildman–Crippen LogP) is 1.96. The molecule has 0 fully saturated rings. The number of sulfonamides is 1. The van der Waals surface area contributed by atoms with Crippen LogP contribution >= 0.6 is 0 Å². The monoisotopic (exact) mass is 373 g/mol. The third-order valence-corrected chi connectivity index (χ3v) is 5.23. The third kappa shape index (κ3) is 3.76. The van der Waals surface area contributed by atoms with E-state index in [0.717, 1.165) is 6.07 Å². The molecule has 1 N–H and O–H groups in total. The number of nitrogens with one attached hydrogen (secondary N) is 1. The van der Waals surface area contributed by atoms with Crippen molar-refractivity contribution in [2.24, 2.45) is 0 Å². The standard InChI is InChI=1S/C16H15N5O4S/c1-12-3-4-14(21(22)23)10-15(12)26(24,25)19-11-13-5-7-17-16(9-13)20-8-2-6-18-20/h2-10,19H,11H2,1H3. The second-order valence-electron chi connectivity index (χ2n) is 5.50. The summed E-state index contributed by atoms with van der Waals surface area (Å²) in [5.41, 5.74) is 0.827. The predicted molar refractivity (Wildman–Crippen MR) is 93.2 cm³/mol. The lowest BCUT2D eigenvalue weighted by atomic mass is 10.2. The van der Waals surface area contributed by atoms with E-state index in [0.29, 0.717) is 16.9 Å². The van der Waals surface area contributed by atoms with Gasteiger partial charge in [-0.1, -0.05) is 6.07 Å². The van der Waals surface area contributed by atoms with Gasteiger partial charge in [-0.15, -0.1) is 0 Å². The minimum atomic E-state index is -3.91. The molecule has 0 aliphatic carbocycles. The molecule has 0 saturated heterocycles. The fourth-order valence-electron chi connectivity index (χ4n) is 2.35. The molecular weight excluding hydrogens is 358 g/mol. The number of nitro benzene ring substituents is 1. The molecule has 0 aliphatic rings. The van der Waals surface area contributed by atoms with Crippen molar-refractivity contribution in [3.05, 3.63) is 76.2 Å². The Labute approximate surface area is 149 Å². The van der Waals surface area contributed by atoms with Gasteiger partial charge in [0, 0.05) is 37.3 Å². The van der Waals surface area contributed by atoms with Gasteiger partial charge in [-0.05, 0) is 36.2 Å². The Hall–Kier alpha value is -3.11. The van der Waals surface area contributed by atoms with E-state index in [4.69, 9.17) is 0 Å². The summed E-state index contributed by atoms with van der Waals surface area (Å²) in [5, 5.41) is 15.0. The molecule has 26 heavy (non-hydrogen) atoms. The second-order valence-corrected chi connectivity index (χ2v) is 7.24. The molecule has 2 heterocycles. The maximum Gasteiger partial charge on any atom is 0.270 e. The number of nitro groups is 1. The molecule has 0 amide bonds. The van der Waals surface area contributed by atoms with Crippen molar-refractivity contribution in [3.8, 4) is 5.82 Å². The number of non-ortho nitro benzene ring substituents is 1. The highest BCUT2D eigenvalue weighted by Crippen LogP contribution is 2.21. The number of aromatic nitrogens is 3. The van der Waals surface area contributed by atoms with Crippen LogP contribution in [0.5, 0.6) is 0 Å². The van der Waals surface area contributed by atoms with Crippen molar-refractivity contribution in [2.45, 2.75) is 18.4 Å². The Morgan fingerprint density at radius 3 is 2.73 bits per heavy atom. The maximum atomic E-state index is 12.5. The number of nitrogens with zero attached hydrogens (tertiary/aromatic N) is 4. The average Bonchev–Trinajstić information content (AvgIpc) is 3.15. The molecule has 1 aromatic carbocycles. The van der Waals surface area contributed by atoms with Crippen LogP contribution in [0.25, 0.3) is 5.82 Å². The van der Waals surface area contributed by atoms with E-state index in [-0.39, 0.29) is 17.1 Å². The molecule has 3 aromatic rings. The molecule has 10 heteroatoms. The van der Waals surface area contributed by atoms with Crippen LogP contribution in [0.1, 0.15) is 11.1 Å². The first-order valence-corrected chi connectivity index (χ1v) is 9.05. The van der Waals surface area contributed by atoms with Crippen molar-refractivity contribution in [2.75, 3.05) is 0 Å². The summed E-state index contributed by atoms with van der Waals surface area (Å²) in [4.78, 5) is 14.3. The van der Waals surface area contributed by atoms with Gasteiger partial charge in [0.1, 0.15) is 0 Å². The van der Waals surface area contributed by atoms with Crippen LogP contribution in [-0.2, 0) is 16.6 Å². The van der Waals surface area contributed by atoms with E-state index >= 15 is 0 Å². The molecular formula is C16H15N5O4S. The fourth-order valence-corrected chi connectivity index (χ4v) is 3.63. The Bertz CT molecular complexity index is 1050. The van der Waals surface area contributed by atoms with E-state index < -0.39 is 14.9 Å². The van der Waals surface area contributed by atoms with Crippen molar-refractivity contribution >= 4 is 15.7 Å². The summed E-state index contributed by atoms with van der Waals surface area (Å²) in [6.45, 7) is 1.60. The fraction of sp³-hybridized carbons (Fsp3) is 0.125. The first-order valence-electron chi connectivity index (χ1n) is 7.56. The van der Waals surface area contributed by atoms with Gasteiger partial charge in [-0.3, -0.25) is 10.1 Å². The Kier molecular flexibility index (Phi) is 4.78. The molecule has 0 bridgehead atoms. The topological polar surface area (TPSA) is 120 Å². The van der Waals surface area contributed by atoms with Crippen molar-refractivity contribution in [3.63, 3.8) is 0 Å². The number of hydrogen-bond acceptors (Lipinski definition) is 6. The number of rotatable bonds is 6. The zero-order valence-corrected chi connectivity index (χ0v) is 14.5. The number of pyridine rings is 1. The molecule has 0 radical (unpaired) electrons.